The molecule has 1 aromatic carbocycles. The van der Waals surface area contributed by atoms with E-state index in [0.29, 0.717) is 19.4 Å². The highest BCUT2D eigenvalue weighted by Gasteiger charge is 2.31. The van der Waals surface area contributed by atoms with E-state index in [-0.39, 0.29) is 24.1 Å². The maximum atomic E-state index is 13.2. The minimum Gasteiger partial charge on any atom is -0.450 e. The van der Waals surface area contributed by atoms with Crippen LogP contribution in [-0.2, 0) is 14.8 Å². The highest BCUT2D eigenvalue weighted by molar-refractivity contribution is 7.89. The molecule has 0 saturated carbocycles. The number of carbonyl (C=O) groups is 1. The van der Waals surface area contributed by atoms with Crippen molar-refractivity contribution < 1.29 is 22.3 Å². The number of alkyl carbamates (subject to hydrolysis) is 1. The zero-order chi connectivity index (χ0) is 16.2. The van der Waals surface area contributed by atoms with Crippen LogP contribution in [0, 0.1) is 5.82 Å². The molecule has 2 rings (SSSR count). The van der Waals surface area contributed by atoms with E-state index in [1.165, 1.54) is 22.5 Å². The molecule has 0 unspecified atom stereocenters. The van der Waals surface area contributed by atoms with Gasteiger partial charge in [0.15, 0.2) is 0 Å². The number of ether oxygens (including phenoxy) is 1. The number of rotatable bonds is 4. The molecule has 0 aromatic heterocycles. The maximum Gasteiger partial charge on any atom is 0.407 e. The number of piperidine rings is 1. The van der Waals surface area contributed by atoms with Crippen LogP contribution in [0.3, 0.4) is 0 Å². The Balaban J connectivity index is 2.09. The number of halogens is 1. The Kier molecular flexibility index (Phi) is 5.36. The molecule has 1 aliphatic rings. The molecule has 1 aliphatic heterocycles. The van der Waals surface area contributed by atoms with Crippen LogP contribution < -0.4 is 5.32 Å². The first-order valence-electron chi connectivity index (χ1n) is 7.12. The summed E-state index contributed by atoms with van der Waals surface area (Å²) in [5, 5.41) is 2.64. The van der Waals surface area contributed by atoms with Gasteiger partial charge >= 0.3 is 6.09 Å². The number of hydrogen-bond acceptors (Lipinski definition) is 4. The summed E-state index contributed by atoms with van der Waals surface area (Å²) < 4.78 is 44.3. The molecular weight excluding hydrogens is 311 g/mol. The monoisotopic (exact) mass is 330 g/mol. The Morgan fingerprint density at radius 2 is 2.27 bits per heavy atom. The zero-order valence-electron chi connectivity index (χ0n) is 12.3. The van der Waals surface area contributed by atoms with Gasteiger partial charge in [-0.1, -0.05) is 6.07 Å². The normalized spacial score (nSPS) is 19.6. The van der Waals surface area contributed by atoms with Crippen molar-refractivity contribution in [1.82, 2.24) is 9.62 Å². The highest BCUT2D eigenvalue weighted by atomic mass is 32.2. The molecule has 0 spiro atoms. The minimum atomic E-state index is -3.76. The van der Waals surface area contributed by atoms with Gasteiger partial charge < -0.3 is 10.1 Å². The summed E-state index contributed by atoms with van der Waals surface area (Å²) in [5.74, 6) is -0.598. The summed E-state index contributed by atoms with van der Waals surface area (Å²) in [6.07, 6.45) is 0.733. The van der Waals surface area contributed by atoms with E-state index in [4.69, 9.17) is 4.74 Å². The SMILES string of the molecule is CCOC(=O)N[C@@H]1CCCN(S(=O)(=O)c2cccc(F)c2)C1. The molecule has 1 amide bonds. The first-order valence-corrected chi connectivity index (χ1v) is 8.56. The second-order valence-electron chi connectivity index (χ2n) is 5.02. The van der Waals surface area contributed by atoms with Crippen molar-refractivity contribution >= 4 is 16.1 Å². The highest BCUT2D eigenvalue weighted by Crippen LogP contribution is 2.21. The molecule has 1 aromatic rings. The number of hydrogen-bond donors (Lipinski definition) is 1. The van der Waals surface area contributed by atoms with Gasteiger partial charge in [0, 0.05) is 19.1 Å². The Morgan fingerprint density at radius 1 is 1.50 bits per heavy atom. The van der Waals surface area contributed by atoms with Crippen LogP contribution in [0.2, 0.25) is 0 Å². The van der Waals surface area contributed by atoms with Crippen molar-refractivity contribution in [1.29, 1.82) is 0 Å². The molecule has 122 valence electrons. The quantitative estimate of drug-likeness (QED) is 0.912. The fraction of sp³-hybridized carbons (Fsp3) is 0.500. The molecule has 22 heavy (non-hydrogen) atoms. The average Bonchev–Trinajstić information content (AvgIpc) is 2.47. The number of carbonyl (C=O) groups excluding carboxylic acids is 1. The molecule has 0 radical (unpaired) electrons. The second kappa shape index (κ2) is 7.06. The van der Waals surface area contributed by atoms with Crippen molar-refractivity contribution in [2.75, 3.05) is 19.7 Å². The van der Waals surface area contributed by atoms with Gasteiger partial charge in [0.05, 0.1) is 11.5 Å². The molecule has 8 heteroatoms. The van der Waals surface area contributed by atoms with Gasteiger partial charge in [0.25, 0.3) is 0 Å². The van der Waals surface area contributed by atoms with Crippen molar-refractivity contribution in [3.8, 4) is 0 Å². The summed E-state index contributed by atoms with van der Waals surface area (Å²) in [5.41, 5.74) is 0. The van der Waals surface area contributed by atoms with Crippen LogP contribution in [0.4, 0.5) is 9.18 Å². The summed E-state index contributed by atoms with van der Waals surface area (Å²) in [6, 6.07) is 4.61. The summed E-state index contributed by atoms with van der Waals surface area (Å²) in [4.78, 5) is 11.4. The lowest BCUT2D eigenvalue weighted by molar-refractivity contribution is 0.142. The number of nitrogens with zero attached hydrogens (tertiary/aromatic N) is 1. The van der Waals surface area contributed by atoms with Gasteiger partial charge in [-0.05, 0) is 38.0 Å². The first-order chi connectivity index (χ1) is 10.4. The smallest absolute Gasteiger partial charge is 0.407 e. The predicted molar refractivity (Wildman–Crippen MR) is 78.3 cm³/mol. The van der Waals surface area contributed by atoms with Crippen LogP contribution >= 0.6 is 0 Å². The summed E-state index contributed by atoms with van der Waals surface area (Å²) in [7, 11) is -3.76. The van der Waals surface area contributed by atoms with Crippen molar-refractivity contribution in [3.63, 3.8) is 0 Å². The van der Waals surface area contributed by atoms with Crippen molar-refractivity contribution in [3.05, 3.63) is 30.1 Å². The topological polar surface area (TPSA) is 75.7 Å². The average molecular weight is 330 g/mol. The number of benzene rings is 1. The van der Waals surface area contributed by atoms with Crippen LogP contribution in [-0.4, -0.2) is 44.6 Å². The lowest BCUT2D eigenvalue weighted by atomic mass is 10.1. The maximum absolute atomic E-state index is 13.2. The molecule has 1 N–H and O–H groups in total. The Bertz CT molecular complexity index is 635. The molecule has 1 saturated heterocycles. The summed E-state index contributed by atoms with van der Waals surface area (Å²) >= 11 is 0. The fourth-order valence-corrected chi connectivity index (χ4v) is 3.95. The Labute approximate surface area is 129 Å². The molecule has 1 atom stereocenters. The van der Waals surface area contributed by atoms with Gasteiger partial charge in [0.2, 0.25) is 10.0 Å². The second-order valence-corrected chi connectivity index (χ2v) is 6.96. The lowest BCUT2D eigenvalue weighted by Crippen LogP contribution is -2.49. The van der Waals surface area contributed by atoms with Gasteiger partial charge in [-0.2, -0.15) is 4.31 Å². The number of sulfonamides is 1. The molecule has 1 fully saturated rings. The largest absolute Gasteiger partial charge is 0.450 e. The van der Waals surface area contributed by atoms with Crippen molar-refractivity contribution in [2.45, 2.75) is 30.7 Å². The van der Waals surface area contributed by atoms with E-state index >= 15 is 0 Å². The standard InChI is InChI=1S/C14H19FN2O4S/c1-2-21-14(18)16-12-6-4-8-17(10-12)22(19,20)13-7-3-5-11(15)9-13/h3,5,7,9,12H,2,4,6,8,10H2,1H3,(H,16,18)/t12-/m1/s1. The zero-order valence-corrected chi connectivity index (χ0v) is 13.1. The Morgan fingerprint density at radius 3 is 2.95 bits per heavy atom. The Hall–Kier alpha value is -1.67. The third-order valence-electron chi connectivity index (χ3n) is 3.42. The van der Waals surface area contributed by atoms with E-state index in [0.717, 1.165) is 6.07 Å². The number of nitrogens with one attached hydrogen (secondary N) is 1. The van der Waals surface area contributed by atoms with E-state index in [1.54, 1.807) is 6.92 Å². The molecule has 1 heterocycles. The van der Waals surface area contributed by atoms with Crippen LogP contribution in [0.1, 0.15) is 19.8 Å². The van der Waals surface area contributed by atoms with Crippen LogP contribution in [0.25, 0.3) is 0 Å². The van der Waals surface area contributed by atoms with Gasteiger partial charge in [-0.15, -0.1) is 0 Å². The van der Waals surface area contributed by atoms with Gasteiger partial charge in [0.1, 0.15) is 5.82 Å². The first kappa shape index (κ1) is 16.7. The molecule has 0 bridgehead atoms. The van der Waals surface area contributed by atoms with E-state index in [1.807, 2.05) is 0 Å². The van der Waals surface area contributed by atoms with E-state index in [2.05, 4.69) is 5.32 Å². The fourth-order valence-electron chi connectivity index (χ4n) is 2.39. The molecule has 0 aliphatic carbocycles. The third kappa shape index (κ3) is 3.95. The molecular formula is C14H19FN2O4S. The molecule has 6 nitrogen and oxygen atoms in total. The van der Waals surface area contributed by atoms with Crippen molar-refractivity contribution in [2.24, 2.45) is 0 Å². The predicted octanol–water partition coefficient (Wildman–Crippen LogP) is 1.72. The van der Waals surface area contributed by atoms with E-state index < -0.39 is 21.9 Å². The van der Waals surface area contributed by atoms with E-state index in [9.17, 15) is 17.6 Å². The lowest BCUT2D eigenvalue weighted by Gasteiger charge is -2.32. The van der Waals surface area contributed by atoms with Crippen LogP contribution in [0.15, 0.2) is 29.2 Å². The minimum absolute atomic E-state index is 0.0794. The van der Waals surface area contributed by atoms with Gasteiger partial charge in [-0.25, -0.2) is 17.6 Å². The third-order valence-corrected chi connectivity index (χ3v) is 5.28. The summed E-state index contributed by atoms with van der Waals surface area (Å²) in [6.45, 7) is 2.45. The number of amides is 1. The van der Waals surface area contributed by atoms with Crippen LogP contribution in [0.5, 0.6) is 0 Å². The van der Waals surface area contributed by atoms with Gasteiger partial charge in [-0.3, -0.25) is 0 Å².